The van der Waals surface area contributed by atoms with Gasteiger partial charge in [-0.2, -0.15) is 0 Å². The molecular weight excluding hydrogens is 396 g/mol. The lowest BCUT2D eigenvalue weighted by molar-refractivity contribution is -0.143. The summed E-state index contributed by atoms with van der Waals surface area (Å²) in [5.41, 5.74) is 0. The number of hydrogen-bond acceptors (Lipinski definition) is 5. The van der Waals surface area contributed by atoms with Crippen molar-refractivity contribution in [3.63, 3.8) is 0 Å². The van der Waals surface area contributed by atoms with Crippen molar-refractivity contribution in [3.8, 4) is 5.75 Å². The number of carbonyl (C=O) groups is 2. The number of furan rings is 1. The van der Waals surface area contributed by atoms with Crippen LogP contribution in [0.15, 0.2) is 53.1 Å². The fraction of sp³-hybridized carbons (Fsp3) is 0.500. The molecular formula is C24H32N2O5. The molecule has 0 unspecified atom stereocenters. The molecule has 0 aliphatic carbocycles. The van der Waals surface area contributed by atoms with E-state index in [-0.39, 0.29) is 37.0 Å². The monoisotopic (exact) mass is 428 g/mol. The van der Waals surface area contributed by atoms with Crippen LogP contribution in [0.4, 0.5) is 0 Å². The third-order valence-corrected chi connectivity index (χ3v) is 5.10. The summed E-state index contributed by atoms with van der Waals surface area (Å²) in [6.07, 6.45) is 3.55. The minimum atomic E-state index is -0.207. The maximum Gasteiger partial charge on any atom is 0.260 e. The molecule has 1 atom stereocenters. The smallest absolute Gasteiger partial charge is 0.260 e. The Hall–Kier alpha value is -2.80. The second-order valence-electron chi connectivity index (χ2n) is 8.26. The van der Waals surface area contributed by atoms with Gasteiger partial charge in [-0.05, 0) is 43.0 Å². The fourth-order valence-corrected chi connectivity index (χ4v) is 3.59. The van der Waals surface area contributed by atoms with Crippen molar-refractivity contribution >= 4 is 11.8 Å². The largest absolute Gasteiger partial charge is 0.484 e. The number of benzene rings is 1. The number of amides is 2. The van der Waals surface area contributed by atoms with Crippen molar-refractivity contribution in [2.45, 2.75) is 39.3 Å². The molecule has 7 heteroatoms. The molecule has 1 aromatic carbocycles. The summed E-state index contributed by atoms with van der Waals surface area (Å²) < 4.78 is 16.8. The highest BCUT2D eigenvalue weighted by Crippen LogP contribution is 2.16. The van der Waals surface area contributed by atoms with Crippen molar-refractivity contribution < 1.29 is 23.5 Å². The quantitative estimate of drug-likeness (QED) is 0.549. The normalized spacial score (nSPS) is 15.8. The predicted octanol–water partition coefficient (Wildman–Crippen LogP) is 3.35. The highest BCUT2D eigenvalue weighted by molar-refractivity contribution is 5.85. The van der Waals surface area contributed by atoms with Gasteiger partial charge in [-0.3, -0.25) is 9.59 Å². The van der Waals surface area contributed by atoms with Crippen molar-refractivity contribution in [2.75, 3.05) is 32.8 Å². The molecule has 1 aliphatic heterocycles. The molecule has 31 heavy (non-hydrogen) atoms. The van der Waals surface area contributed by atoms with Crippen LogP contribution in [0.25, 0.3) is 0 Å². The van der Waals surface area contributed by atoms with Gasteiger partial charge >= 0.3 is 0 Å². The average molecular weight is 429 g/mol. The summed E-state index contributed by atoms with van der Waals surface area (Å²) in [6.45, 7) is 6.00. The standard InChI is InChI=1S/C24H32N2O5/c1-19(2)14-25(24(28)18-31-20-8-4-3-5-9-20)17-23(27)26(15-21-10-6-12-29-21)16-22-11-7-13-30-22/h3-6,8-10,12,19,22H,7,11,13-18H2,1-2H3/t22-/m1/s1. The molecule has 168 valence electrons. The number of rotatable bonds is 11. The van der Waals surface area contributed by atoms with Gasteiger partial charge < -0.3 is 23.7 Å². The first kappa shape index (κ1) is 22.9. The summed E-state index contributed by atoms with van der Waals surface area (Å²) in [5.74, 6) is 1.23. The van der Waals surface area contributed by atoms with Crippen molar-refractivity contribution in [1.29, 1.82) is 0 Å². The minimum Gasteiger partial charge on any atom is -0.484 e. The predicted molar refractivity (Wildman–Crippen MR) is 116 cm³/mol. The van der Waals surface area contributed by atoms with Gasteiger partial charge in [0.05, 0.1) is 25.5 Å². The van der Waals surface area contributed by atoms with Crippen LogP contribution < -0.4 is 4.74 Å². The van der Waals surface area contributed by atoms with Gasteiger partial charge in [0.1, 0.15) is 11.5 Å². The molecule has 1 fully saturated rings. The Bertz CT molecular complexity index is 801. The summed E-state index contributed by atoms with van der Waals surface area (Å²) in [5, 5.41) is 0. The topological polar surface area (TPSA) is 72.2 Å². The number of para-hydroxylation sites is 1. The van der Waals surface area contributed by atoms with Crippen LogP contribution in [-0.2, 0) is 20.9 Å². The van der Waals surface area contributed by atoms with E-state index in [1.54, 1.807) is 34.3 Å². The molecule has 0 radical (unpaired) electrons. The van der Waals surface area contributed by atoms with E-state index in [4.69, 9.17) is 13.9 Å². The number of carbonyl (C=O) groups excluding carboxylic acids is 2. The van der Waals surface area contributed by atoms with E-state index in [9.17, 15) is 9.59 Å². The highest BCUT2D eigenvalue weighted by atomic mass is 16.5. The molecule has 2 amide bonds. The third kappa shape index (κ3) is 7.43. The highest BCUT2D eigenvalue weighted by Gasteiger charge is 2.26. The molecule has 0 N–H and O–H groups in total. The van der Waals surface area contributed by atoms with E-state index in [0.717, 1.165) is 19.4 Å². The Balaban J connectivity index is 1.64. The van der Waals surface area contributed by atoms with Crippen LogP contribution in [0.1, 0.15) is 32.4 Å². The van der Waals surface area contributed by atoms with Gasteiger partial charge in [-0.1, -0.05) is 32.0 Å². The van der Waals surface area contributed by atoms with E-state index in [0.29, 0.717) is 31.1 Å². The van der Waals surface area contributed by atoms with E-state index in [1.165, 1.54) is 0 Å². The van der Waals surface area contributed by atoms with Crippen LogP contribution in [0.2, 0.25) is 0 Å². The minimum absolute atomic E-state index is 0.00257. The maximum atomic E-state index is 13.2. The first-order valence-corrected chi connectivity index (χ1v) is 10.9. The number of nitrogens with zero attached hydrogens (tertiary/aromatic N) is 2. The Morgan fingerprint density at radius 3 is 2.55 bits per heavy atom. The van der Waals surface area contributed by atoms with Crippen molar-refractivity contribution in [1.82, 2.24) is 9.80 Å². The van der Waals surface area contributed by atoms with E-state index < -0.39 is 0 Å². The van der Waals surface area contributed by atoms with Gasteiger partial charge in [0.2, 0.25) is 5.91 Å². The third-order valence-electron chi connectivity index (χ3n) is 5.10. The lowest BCUT2D eigenvalue weighted by Crippen LogP contribution is -2.47. The van der Waals surface area contributed by atoms with Crippen LogP contribution in [0.3, 0.4) is 0 Å². The van der Waals surface area contributed by atoms with Crippen LogP contribution >= 0.6 is 0 Å². The molecule has 1 saturated heterocycles. The number of ether oxygens (including phenoxy) is 2. The van der Waals surface area contributed by atoms with E-state index in [1.807, 2.05) is 38.1 Å². The van der Waals surface area contributed by atoms with Gasteiger partial charge in [0.15, 0.2) is 6.61 Å². The SMILES string of the molecule is CC(C)CN(CC(=O)N(Cc1ccco1)C[C@H]1CCCO1)C(=O)COc1ccccc1. The first-order valence-electron chi connectivity index (χ1n) is 10.9. The Kier molecular flexibility index (Phi) is 8.53. The molecule has 2 heterocycles. The van der Waals surface area contributed by atoms with Gasteiger partial charge in [0.25, 0.3) is 5.91 Å². The molecule has 1 aromatic heterocycles. The summed E-state index contributed by atoms with van der Waals surface area (Å²) >= 11 is 0. The molecule has 0 spiro atoms. The second-order valence-corrected chi connectivity index (χ2v) is 8.26. The van der Waals surface area contributed by atoms with Gasteiger partial charge in [-0.15, -0.1) is 0 Å². The van der Waals surface area contributed by atoms with Gasteiger partial charge in [-0.25, -0.2) is 0 Å². The lowest BCUT2D eigenvalue weighted by Gasteiger charge is -2.29. The zero-order valence-corrected chi connectivity index (χ0v) is 18.4. The van der Waals surface area contributed by atoms with Gasteiger partial charge in [0, 0.05) is 19.7 Å². The van der Waals surface area contributed by atoms with Crippen LogP contribution in [0.5, 0.6) is 5.75 Å². The Labute approximate surface area is 183 Å². The summed E-state index contributed by atoms with van der Waals surface area (Å²) in [4.78, 5) is 29.4. The molecule has 3 rings (SSSR count). The van der Waals surface area contributed by atoms with Crippen molar-refractivity contribution in [3.05, 3.63) is 54.5 Å². The molecule has 0 bridgehead atoms. The molecule has 2 aromatic rings. The summed E-state index contributed by atoms with van der Waals surface area (Å²) in [7, 11) is 0. The molecule has 1 aliphatic rings. The number of hydrogen-bond donors (Lipinski definition) is 0. The first-order chi connectivity index (χ1) is 15.0. The lowest BCUT2D eigenvalue weighted by atomic mass is 10.2. The van der Waals surface area contributed by atoms with Crippen LogP contribution in [0, 0.1) is 5.92 Å². The molecule has 0 saturated carbocycles. The summed E-state index contributed by atoms with van der Waals surface area (Å²) in [6, 6.07) is 12.9. The zero-order valence-electron chi connectivity index (χ0n) is 18.4. The molecule has 7 nitrogen and oxygen atoms in total. The Morgan fingerprint density at radius 1 is 1.10 bits per heavy atom. The zero-order chi connectivity index (χ0) is 22.1. The van der Waals surface area contributed by atoms with Crippen LogP contribution in [-0.4, -0.2) is 60.6 Å². The van der Waals surface area contributed by atoms with E-state index >= 15 is 0 Å². The Morgan fingerprint density at radius 2 is 1.90 bits per heavy atom. The average Bonchev–Trinajstić information content (AvgIpc) is 3.46. The van der Waals surface area contributed by atoms with E-state index in [2.05, 4.69) is 0 Å². The maximum absolute atomic E-state index is 13.2. The van der Waals surface area contributed by atoms with Crippen molar-refractivity contribution in [2.24, 2.45) is 5.92 Å². The fourth-order valence-electron chi connectivity index (χ4n) is 3.59. The second kappa shape index (κ2) is 11.6.